The molecule has 28 heavy (non-hydrogen) atoms. The lowest BCUT2D eigenvalue weighted by atomic mass is 10.1. The van der Waals surface area contributed by atoms with Crippen LogP contribution in [-0.2, 0) is 0 Å². The molecule has 0 aliphatic rings. The second-order valence-electron chi connectivity index (χ2n) is 6.22. The molecule has 4 aromatic rings. The van der Waals surface area contributed by atoms with Crippen molar-refractivity contribution in [3.05, 3.63) is 94.8 Å². The average molecular weight is 370 g/mol. The Labute approximate surface area is 161 Å². The lowest BCUT2D eigenvalue weighted by Gasteiger charge is -2.14. The van der Waals surface area contributed by atoms with E-state index >= 15 is 0 Å². The van der Waals surface area contributed by atoms with Crippen molar-refractivity contribution in [3.8, 4) is 17.3 Å². The van der Waals surface area contributed by atoms with Gasteiger partial charge in [-0.05, 0) is 30.3 Å². The summed E-state index contributed by atoms with van der Waals surface area (Å²) in [6.07, 6.45) is 1.59. The van der Waals surface area contributed by atoms with Gasteiger partial charge >= 0.3 is 0 Å². The molecule has 0 amide bonds. The van der Waals surface area contributed by atoms with Gasteiger partial charge < -0.3 is 9.84 Å². The summed E-state index contributed by atoms with van der Waals surface area (Å²) in [5, 5.41) is 12.1. The second-order valence-corrected chi connectivity index (χ2v) is 6.22. The van der Waals surface area contributed by atoms with E-state index in [1.807, 2.05) is 36.4 Å². The predicted molar refractivity (Wildman–Crippen MR) is 111 cm³/mol. The molecule has 5 heteroatoms. The molecule has 0 saturated carbocycles. The van der Waals surface area contributed by atoms with Gasteiger partial charge in [-0.3, -0.25) is 9.79 Å². The van der Waals surface area contributed by atoms with E-state index in [0.717, 1.165) is 5.69 Å². The third kappa shape index (κ3) is 3.14. The molecule has 0 radical (unpaired) electrons. The number of pyridine rings is 1. The number of hydrogen-bond donors (Lipinski definition) is 1. The number of benzene rings is 3. The highest BCUT2D eigenvalue weighted by molar-refractivity contribution is 6.02. The quantitative estimate of drug-likeness (QED) is 0.540. The van der Waals surface area contributed by atoms with Crippen molar-refractivity contribution in [2.75, 3.05) is 7.11 Å². The van der Waals surface area contributed by atoms with Crippen LogP contribution in [0.25, 0.3) is 16.5 Å². The highest BCUT2D eigenvalue weighted by Gasteiger charge is 2.16. The average Bonchev–Trinajstić information content (AvgIpc) is 2.75. The van der Waals surface area contributed by atoms with E-state index < -0.39 is 0 Å². The number of rotatable bonds is 4. The Morgan fingerprint density at radius 3 is 2.39 bits per heavy atom. The molecule has 0 unspecified atom stereocenters. The van der Waals surface area contributed by atoms with Crippen LogP contribution in [0.3, 0.4) is 0 Å². The van der Waals surface area contributed by atoms with Gasteiger partial charge in [0.15, 0.2) is 0 Å². The van der Waals surface area contributed by atoms with Crippen LogP contribution in [0.15, 0.2) is 88.6 Å². The summed E-state index contributed by atoms with van der Waals surface area (Å²) in [5.41, 5.74) is 1.44. The zero-order valence-corrected chi connectivity index (χ0v) is 15.2. The van der Waals surface area contributed by atoms with Crippen LogP contribution in [-0.4, -0.2) is 23.0 Å². The number of methoxy groups -OCH3 is 1. The van der Waals surface area contributed by atoms with Gasteiger partial charge in [0.2, 0.25) is 5.88 Å². The van der Waals surface area contributed by atoms with Gasteiger partial charge in [-0.2, -0.15) is 0 Å². The summed E-state index contributed by atoms with van der Waals surface area (Å²) in [7, 11) is 1.56. The van der Waals surface area contributed by atoms with Crippen LogP contribution in [0.4, 0.5) is 5.69 Å². The van der Waals surface area contributed by atoms with E-state index in [0.29, 0.717) is 27.8 Å². The van der Waals surface area contributed by atoms with E-state index in [9.17, 15) is 9.90 Å². The fraction of sp³-hybridized carbons (Fsp3) is 0.0435. The minimum Gasteiger partial charge on any atom is -0.497 e. The minimum atomic E-state index is -0.307. The number of hydrogen-bond acceptors (Lipinski definition) is 4. The topological polar surface area (TPSA) is 63.8 Å². The molecular formula is C23H18N2O3. The van der Waals surface area contributed by atoms with E-state index in [1.54, 1.807) is 55.8 Å². The molecule has 1 aromatic heterocycles. The van der Waals surface area contributed by atoms with Crippen molar-refractivity contribution in [2.45, 2.75) is 0 Å². The Morgan fingerprint density at radius 2 is 1.64 bits per heavy atom. The smallest absolute Gasteiger partial charge is 0.265 e. The molecule has 0 atom stereocenters. The van der Waals surface area contributed by atoms with Crippen molar-refractivity contribution < 1.29 is 9.84 Å². The fourth-order valence-corrected chi connectivity index (χ4v) is 3.13. The summed E-state index contributed by atoms with van der Waals surface area (Å²) in [4.78, 5) is 17.6. The zero-order valence-electron chi connectivity index (χ0n) is 15.2. The standard InChI is InChI=1S/C23H18N2O3/c1-28-18-11-7-10-17(14-18)25-22(26)20-13-6-5-12-19(20)21(23(25)27)15-24-16-8-3-2-4-9-16/h2-15,27H,1H3. The van der Waals surface area contributed by atoms with Gasteiger partial charge in [0, 0.05) is 23.1 Å². The normalized spacial score (nSPS) is 11.2. The van der Waals surface area contributed by atoms with Gasteiger partial charge in [0.1, 0.15) is 5.75 Å². The van der Waals surface area contributed by atoms with Crippen LogP contribution in [0.1, 0.15) is 5.56 Å². The molecule has 3 aromatic carbocycles. The molecule has 0 fully saturated rings. The molecule has 1 N–H and O–H groups in total. The lowest BCUT2D eigenvalue weighted by Crippen LogP contribution is -2.20. The highest BCUT2D eigenvalue weighted by atomic mass is 16.5. The number of fused-ring (bicyclic) bond motifs is 1. The van der Waals surface area contributed by atoms with Gasteiger partial charge in [0.25, 0.3) is 5.56 Å². The molecule has 138 valence electrons. The SMILES string of the molecule is COc1cccc(-n2c(O)c(C=Nc3ccccc3)c3ccccc3c2=O)c1. The van der Waals surface area contributed by atoms with Gasteiger partial charge in [0.05, 0.1) is 24.0 Å². The number of nitrogens with zero attached hydrogens (tertiary/aromatic N) is 2. The maximum absolute atomic E-state index is 13.1. The first-order valence-corrected chi connectivity index (χ1v) is 8.79. The summed E-state index contributed by atoms with van der Waals surface area (Å²) in [5.74, 6) is 0.424. The Hall–Kier alpha value is -3.86. The Kier molecular flexibility index (Phi) is 4.64. The molecule has 1 heterocycles. The predicted octanol–water partition coefficient (Wildman–Crippen LogP) is 4.46. The highest BCUT2D eigenvalue weighted by Crippen LogP contribution is 2.27. The van der Waals surface area contributed by atoms with Crippen molar-refractivity contribution in [1.29, 1.82) is 0 Å². The van der Waals surface area contributed by atoms with Crippen molar-refractivity contribution in [3.63, 3.8) is 0 Å². The van der Waals surface area contributed by atoms with E-state index in [2.05, 4.69) is 4.99 Å². The second kappa shape index (κ2) is 7.40. The third-order valence-corrected chi connectivity index (χ3v) is 4.51. The van der Waals surface area contributed by atoms with Crippen LogP contribution >= 0.6 is 0 Å². The molecule has 0 bridgehead atoms. The molecule has 0 spiro atoms. The number of aromatic nitrogens is 1. The fourth-order valence-electron chi connectivity index (χ4n) is 3.13. The van der Waals surface area contributed by atoms with E-state index in [4.69, 9.17) is 4.74 Å². The van der Waals surface area contributed by atoms with Crippen LogP contribution in [0.2, 0.25) is 0 Å². The number of para-hydroxylation sites is 1. The first kappa shape index (κ1) is 17.5. The largest absolute Gasteiger partial charge is 0.497 e. The summed E-state index contributed by atoms with van der Waals surface area (Å²) in [6, 6.07) is 23.6. The minimum absolute atomic E-state index is 0.170. The van der Waals surface area contributed by atoms with Crippen LogP contribution in [0.5, 0.6) is 11.6 Å². The van der Waals surface area contributed by atoms with Crippen LogP contribution < -0.4 is 10.3 Å². The van der Waals surface area contributed by atoms with Gasteiger partial charge in [-0.1, -0.05) is 42.5 Å². The number of aliphatic imine (C=N–C) groups is 1. The first-order valence-electron chi connectivity index (χ1n) is 8.79. The molecule has 4 rings (SSSR count). The lowest BCUT2D eigenvalue weighted by molar-refractivity contribution is 0.413. The summed E-state index contributed by atoms with van der Waals surface area (Å²) in [6.45, 7) is 0. The Bertz CT molecular complexity index is 1230. The van der Waals surface area contributed by atoms with Gasteiger partial charge in [-0.25, -0.2) is 4.57 Å². The monoisotopic (exact) mass is 370 g/mol. The molecule has 0 saturated heterocycles. The maximum atomic E-state index is 13.1. The zero-order chi connectivity index (χ0) is 19.5. The molecule has 0 aliphatic heterocycles. The molecule has 5 nitrogen and oxygen atoms in total. The van der Waals surface area contributed by atoms with Crippen molar-refractivity contribution in [2.24, 2.45) is 4.99 Å². The Balaban J connectivity index is 1.99. The van der Waals surface area contributed by atoms with Crippen molar-refractivity contribution in [1.82, 2.24) is 4.57 Å². The van der Waals surface area contributed by atoms with E-state index in [1.165, 1.54) is 4.57 Å². The third-order valence-electron chi connectivity index (χ3n) is 4.51. The van der Waals surface area contributed by atoms with Crippen molar-refractivity contribution >= 4 is 22.7 Å². The van der Waals surface area contributed by atoms with E-state index in [-0.39, 0.29) is 11.4 Å². The summed E-state index contributed by atoms with van der Waals surface area (Å²) < 4.78 is 6.53. The number of aromatic hydroxyl groups is 1. The molecular weight excluding hydrogens is 352 g/mol. The number of ether oxygens (including phenoxy) is 1. The maximum Gasteiger partial charge on any atom is 0.265 e. The molecule has 0 aliphatic carbocycles. The Morgan fingerprint density at radius 1 is 0.929 bits per heavy atom. The van der Waals surface area contributed by atoms with Gasteiger partial charge in [-0.15, -0.1) is 0 Å². The first-order chi connectivity index (χ1) is 13.7. The van der Waals surface area contributed by atoms with Crippen LogP contribution in [0, 0.1) is 0 Å². The summed E-state index contributed by atoms with van der Waals surface area (Å²) >= 11 is 0.